The smallest absolute Gasteiger partial charge is 0.259 e. The molecule has 2 N–H and O–H groups in total. The average Bonchev–Trinajstić information content (AvgIpc) is 3.16. The van der Waals surface area contributed by atoms with Crippen LogP contribution in [0.4, 0.5) is 0 Å². The number of likely N-dealkylation sites (N-methyl/N-ethyl adjacent to an activating group) is 1. The number of nitrogens with zero attached hydrogens (tertiary/aromatic N) is 2. The van der Waals surface area contributed by atoms with E-state index in [1.807, 2.05) is 24.3 Å². The van der Waals surface area contributed by atoms with Gasteiger partial charge in [-0.15, -0.1) is 24.0 Å². The van der Waals surface area contributed by atoms with E-state index in [2.05, 4.69) is 22.5 Å². The first kappa shape index (κ1) is 24.5. The van der Waals surface area contributed by atoms with Crippen LogP contribution in [0.1, 0.15) is 44.6 Å². The number of hydrogen-bond donors (Lipinski definition) is 2. The van der Waals surface area contributed by atoms with E-state index in [1.165, 1.54) is 37.0 Å². The number of rotatable bonds is 8. The highest BCUT2D eigenvalue weighted by Crippen LogP contribution is 2.40. The Labute approximate surface area is 186 Å². The molecule has 1 aromatic carbocycles. The van der Waals surface area contributed by atoms with E-state index in [0.717, 1.165) is 18.1 Å². The molecule has 1 fully saturated rings. The van der Waals surface area contributed by atoms with Crippen LogP contribution in [0, 0.1) is 5.41 Å². The second-order valence-electron chi connectivity index (χ2n) is 7.56. The lowest BCUT2D eigenvalue weighted by Crippen LogP contribution is -2.42. The summed E-state index contributed by atoms with van der Waals surface area (Å²) in [5.41, 5.74) is 1.50. The highest BCUT2D eigenvalue weighted by molar-refractivity contribution is 14.0. The third-order valence-corrected chi connectivity index (χ3v) is 5.49. The van der Waals surface area contributed by atoms with Crippen LogP contribution < -0.4 is 15.4 Å². The van der Waals surface area contributed by atoms with Crippen LogP contribution in [-0.4, -0.2) is 51.1 Å². The van der Waals surface area contributed by atoms with Gasteiger partial charge in [0.15, 0.2) is 12.6 Å². The number of amides is 1. The Hall–Kier alpha value is -1.51. The molecule has 2 rings (SSSR count). The Morgan fingerprint density at radius 3 is 2.57 bits per heavy atom. The summed E-state index contributed by atoms with van der Waals surface area (Å²) in [7, 11) is 5.24. The summed E-state index contributed by atoms with van der Waals surface area (Å²) in [5.74, 6) is 1.46. The molecule has 0 unspecified atom stereocenters. The van der Waals surface area contributed by atoms with E-state index in [9.17, 15) is 4.79 Å². The van der Waals surface area contributed by atoms with Gasteiger partial charge in [0.25, 0.3) is 5.91 Å². The van der Waals surface area contributed by atoms with Crippen LogP contribution in [0.3, 0.4) is 0 Å². The fraction of sp³-hybridized carbons (Fsp3) is 0.619. The molecule has 0 spiro atoms. The second kappa shape index (κ2) is 12.1. The Morgan fingerprint density at radius 2 is 1.96 bits per heavy atom. The van der Waals surface area contributed by atoms with E-state index in [4.69, 9.17) is 4.74 Å². The summed E-state index contributed by atoms with van der Waals surface area (Å²) in [5, 5.41) is 6.87. The highest BCUT2D eigenvalue weighted by atomic mass is 127. The number of hydrogen-bond acceptors (Lipinski definition) is 3. The maximum atomic E-state index is 11.7. The normalized spacial score (nSPS) is 15.5. The average molecular weight is 502 g/mol. The van der Waals surface area contributed by atoms with Crippen molar-refractivity contribution in [1.82, 2.24) is 15.5 Å². The molecule has 0 radical (unpaired) electrons. The van der Waals surface area contributed by atoms with Crippen molar-refractivity contribution in [3.05, 3.63) is 29.8 Å². The minimum absolute atomic E-state index is 0. The molecule has 0 aromatic heterocycles. The second-order valence-corrected chi connectivity index (χ2v) is 7.56. The van der Waals surface area contributed by atoms with Crippen molar-refractivity contribution in [3.63, 3.8) is 0 Å². The van der Waals surface area contributed by atoms with Crippen LogP contribution in [0.2, 0.25) is 0 Å². The highest BCUT2D eigenvalue weighted by Gasteiger charge is 2.31. The molecule has 0 aliphatic heterocycles. The van der Waals surface area contributed by atoms with Gasteiger partial charge in [-0.3, -0.25) is 9.79 Å². The topological polar surface area (TPSA) is 66.0 Å². The van der Waals surface area contributed by atoms with Gasteiger partial charge in [-0.25, -0.2) is 0 Å². The molecule has 7 heteroatoms. The number of benzene rings is 1. The van der Waals surface area contributed by atoms with E-state index in [-0.39, 0.29) is 36.5 Å². The Bertz CT molecular complexity index is 643. The number of guanidine groups is 1. The number of carbonyl (C=O) groups excluding carboxylic acids is 1. The molecule has 1 aromatic rings. The number of nitrogens with one attached hydrogen (secondary N) is 2. The maximum Gasteiger partial charge on any atom is 0.259 e. The number of aliphatic imine (C=N–C) groups is 1. The van der Waals surface area contributed by atoms with E-state index < -0.39 is 0 Å². The molecule has 1 aliphatic rings. The zero-order chi connectivity index (χ0) is 19.7. The summed E-state index contributed by atoms with van der Waals surface area (Å²) in [6.07, 6.45) is 6.49. The van der Waals surface area contributed by atoms with Gasteiger partial charge in [0.1, 0.15) is 5.75 Å². The lowest BCUT2D eigenvalue weighted by atomic mass is 9.83. The predicted octanol–water partition coefficient (Wildman–Crippen LogP) is 3.41. The van der Waals surface area contributed by atoms with Crippen molar-refractivity contribution in [2.75, 3.05) is 34.3 Å². The summed E-state index contributed by atoms with van der Waals surface area (Å²) in [6.45, 7) is 3.96. The van der Waals surface area contributed by atoms with Gasteiger partial charge >= 0.3 is 0 Å². The molecule has 158 valence electrons. The molecule has 28 heavy (non-hydrogen) atoms. The third-order valence-electron chi connectivity index (χ3n) is 5.49. The predicted molar refractivity (Wildman–Crippen MR) is 125 cm³/mol. The number of ether oxygens (including phenoxy) is 1. The van der Waals surface area contributed by atoms with Crippen molar-refractivity contribution in [2.24, 2.45) is 10.4 Å². The molecule has 0 atom stereocenters. The zero-order valence-corrected chi connectivity index (χ0v) is 19.9. The maximum absolute atomic E-state index is 11.7. The van der Waals surface area contributed by atoms with Crippen molar-refractivity contribution in [2.45, 2.75) is 45.6 Å². The van der Waals surface area contributed by atoms with Gasteiger partial charge in [-0.05, 0) is 42.4 Å². The third kappa shape index (κ3) is 7.48. The number of halogens is 1. The lowest BCUT2D eigenvalue weighted by molar-refractivity contribution is -0.130. The van der Waals surface area contributed by atoms with E-state index in [1.54, 1.807) is 21.1 Å². The van der Waals surface area contributed by atoms with Gasteiger partial charge in [-0.2, -0.15) is 0 Å². The number of carbonyl (C=O) groups is 1. The van der Waals surface area contributed by atoms with Gasteiger partial charge in [-0.1, -0.05) is 31.9 Å². The van der Waals surface area contributed by atoms with Gasteiger partial charge in [0.2, 0.25) is 0 Å². The standard InChI is InChI=1S/C21H34N4O2.HI/c1-5-21(11-6-7-12-21)16-24-20(22-2)23-14-17-9-8-10-18(13-17)27-15-19(26)25(3)4;/h8-10,13H,5-7,11-12,14-16H2,1-4H3,(H2,22,23,24);1H. The fourth-order valence-electron chi connectivity index (χ4n) is 3.48. The first-order valence-electron chi connectivity index (χ1n) is 9.84. The molecule has 0 bridgehead atoms. The first-order chi connectivity index (χ1) is 13.0. The van der Waals surface area contributed by atoms with Crippen LogP contribution in [0.25, 0.3) is 0 Å². The Balaban J connectivity index is 0.00000392. The van der Waals surface area contributed by atoms with Crippen molar-refractivity contribution >= 4 is 35.8 Å². The van der Waals surface area contributed by atoms with E-state index >= 15 is 0 Å². The quantitative estimate of drug-likeness (QED) is 0.325. The van der Waals surface area contributed by atoms with Gasteiger partial charge < -0.3 is 20.3 Å². The molecule has 6 nitrogen and oxygen atoms in total. The van der Waals surface area contributed by atoms with Gasteiger partial charge in [0.05, 0.1) is 0 Å². The Morgan fingerprint density at radius 1 is 1.25 bits per heavy atom. The van der Waals surface area contributed by atoms with E-state index in [0.29, 0.717) is 17.7 Å². The molecule has 1 amide bonds. The largest absolute Gasteiger partial charge is 0.484 e. The molecule has 1 aliphatic carbocycles. The van der Waals surface area contributed by atoms with Gasteiger partial charge in [0, 0.05) is 34.2 Å². The molecular formula is C21H35IN4O2. The first-order valence-corrected chi connectivity index (χ1v) is 9.84. The van der Waals surface area contributed by atoms with Crippen LogP contribution in [-0.2, 0) is 11.3 Å². The van der Waals surface area contributed by atoms with Crippen LogP contribution in [0.15, 0.2) is 29.3 Å². The summed E-state index contributed by atoms with van der Waals surface area (Å²) in [4.78, 5) is 17.5. The molecule has 0 heterocycles. The SMILES string of the molecule is CCC1(CNC(=NC)NCc2cccc(OCC(=O)N(C)C)c2)CCCC1.I. The molecule has 1 saturated carbocycles. The van der Waals surface area contributed by atoms with Crippen molar-refractivity contribution in [1.29, 1.82) is 0 Å². The van der Waals surface area contributed by atoms with Crippen LogP contribution >= 0.6 is 24.0 Å². The summed E-state index contributed by atoms with van der Waals surface area (Å²) in [6, 6.07) is 7.79. The fourth-order valence-corrected chi connectivity index (χ4v) is 3.48. The summed E-state index contributed by atoms with van der Waals surface area (Å²) < 4.78 is 5.58. The Kier molecular flexibility index (Phi) is 10.6. The minimum Gasteiger partial charge on any atom is -0.484 e. The zero-order valence-electron chi connectivity index (χ0n) is 17.6. The lowest BCUT2D eigenvalue weighted by Gasteiger charge is -2.28. The summed E-state index contributed by atoms with van der Waals surface area (Å²) >= 11 is 0. The minimum atomic E-state index is -0.0557. The molecular weight excluding hydrogens is 467 g/mol. The van der Waals surface area contributed by atoms with Crippen molar-refractivity contribution in [3.8, 4) is 5.75 Å². The van der Waals surface area contributed by atoms with Crippen molar-refractivity contribution < 1.29 is 9.53 Å². The monoisotopic (exact) mass is 502 g/mol. The molecule has 0 saturated heterocycles. The van der Waals surface area contributed by atoms with Crippen LogP contribution in [0.5, 0.6) is 5.75 Å².